The quantitative estimate of drug-likeness (QED) is 0.610. The molecule has 5 nitrogen and oxygen atoms in total. The van der Waals surface area contributed by atoms with Gasteiger partial charge in [0.25, 0.3) is 0 Å². The molecule has 0 aliphatic heterocycles. The molecule has 1 aromatic heterocycles. The smallest absolute Gasteiger partial charge is 0.150 e. The van der Waals surface area contributed by atoms with Gasteiger partial charge in [-0.15, -0.1) is 0 Å². The molecule has 2 N–H and O–H groups in total. The lowest BCUT2D eigenvalue weighted by Crippen LogP contribution is -3.10. The summed E-state index contributed by atoms with van der Waals surface area (Å²) < 4.78 is 5.06. The molecule has 0 amide bonds. The third-order valence-corrected chi connectivity index (χ3v) is 2.63. The van der Waals surface area contributed by atoms with E-state index in [9.17, 15) is 9.90 Å². The van der Waals surface area contributed by atoms with Crippen molar-refractivity contribution in [2.24, 2.45) is 0 Å². The lowest BCUT2D eigenvalue weighted by Gasteiger charge is -2.15. The van der Waals surface area contributed by atoms with Crippen LogP contribution >= 0.6 is 0 Å². The number of carbonyl (C=O) groups excluding carboxylic acids is 1. The summed E-state index contributed by atoms with van der Waals surface area (Å²) in [5.74, 6) is -0.829. The number of carboxylic acids is 1. The van der Waals surface area contributed by atoms with Gasteiger partial charge in [0, 0.05) is 5.56 Å². The van der Waals surface area contributed by atoms with E-state index in [-0.39, 0.29) is 12.4 Å². The van der Waals surface area contributed by atoms with Gasteiger partial charge in [-0.2, -0.15) is 0 Å². The number of aromatic carboxylic acids is 1. The Kier molecular flexibility index (Phi) is 4.52. The van der Waals surface area contributed by atoms with E-state index in [1.807, 2.05) is 6.92 Å². The number of hydrogen-bond donors (Lipinski definition) is 2. The summed E-state index contributed by atoms with van der Waals surface area (Å²) in [6, 6.07) is 1.50. The molecule has 16 heavy (non-hydrogen) atoms. The van der Waals surface area contributed by atoms with Gasteiger partial charge in [0.15, 0.2) is 0 Å². The Labute approximate surface area is 94.3 Å². The van der Waals surface area contributed by atoms with Gasteiger partial charge in [0.05, 0.1) is 13.2 Å². The van der Waals surface area contributed by atoms with Crippen molar-refractivity contribution in [2.45, 2.75) is 20.4 Å². The van der Waals surface area contributed by atoms with E-state index in [4.69, 9.17) is 9.52 Å². The van der Waals surface area contributed by atoms with Gasteiger partial charge >= 0.3 is 0 Å². The fourth-order valence-corrected chi connectivity index (χ4v) is 1.61. The molecule has 1 heterocycles. The van der Waals surface area contributed by atoms with Crippen LogP contribution < -0.4 is 10.0 Å². The monoisotopic (exact) mass is 227 g/mol. The van der Waals surface area contributed by atoms with Crippen molar-refractivity contribution >= 4 is 5.97 Å². The average molecular weight is 227 g/mol. The van der Waals surface area contributed by atoms with Crippen molar-refractivity contribution in [3.8, 4) is 0 Å². The molecule has 0 saturated carbocycles. The van der Waals surface area contributed by atoms with Gasteiger partial charge in [-0.3, -0.25) is 0 Å². The molecule has 1 rings (SSSR count). The van der Waals surface area contributed by atoms with Crippen molar-refractivity contribution < 1.29 is 24.3 Å². The van der Waals surface area contributed by atoms with Crippen LogP contribution in [0.2, 0.25) is 0 Å². The minimum absolute atomic E-state index is 0.118. The Hall–Kier alpha value is -1.33. The largest absolute Gasteiger partial charge is 0.542 e. The number of aryl methyl sites for hydroxylation is 1. The van der Waals surface area contributed by atoms with Crippen molar-refractivity contribution in [1.82, 2.24) is 0 Å². The standard InChI is InChI=1S/C11H17NO4/c1-3-12(4-5-13)7-9-6-10(11(14)15)16-8(9)2/h6,13H,3-5,7H2,1-2H3,(H,14,15). The highest BCUT2D eigenvalue weighted by Crippen LogP contribution is 2.12. The van der Waals surface area contributed by atoms with E-state index in [2.05, 4.69) is 0 Å². The molecule has 0 aromatic carbocycles. The number of aliphatic hydroxyl groups is 1. The van der Waals surface area contributed by atoms with Gasteiger partial charge in [0.1, 0.15) is 30.6 Å². The molecule has 0 bridgehead atoms. The molecule has 5 heteroatoms. The second kappa shape index (κ2) is 5.67. The number of furan rings is 1. The predicted octanol–water partition coefficient (Wildman–Crippen LogP) is -1.65. The van der Waals surface area contributed by atoms with Crippen molar-refractivity contribution in [1.29, 1.82) is 0 Å². The zero-order valence-corrected chi connectivity index (χ0v) is 9.58. The van der Waals surface area contributed by atoms with Gasteiger partial charge in [-0.1, -0.05) is 0 Å². The van der Waals surface area contributed by atoms with Crippen LogP contribution in [0.5, 0.6) is 0 Å². The van der Waals surface area contributed by atoms with Crippen LogP contribution in [0.25, 0.3) is 0 Å². The first kappa shape index (κ1) is 12.7. The third kappa shape index (κ3) is 3.08. The van der Waals surface area contributed by atoms with E-state index in [0.717, 1.165) is 12.1 Å². The minimum atomic E-state index is -1.30. The zero-order valence-electron chi connectivity index (χ0n) is 9.58. The zero-order chi connectivity index (χ0) is 12.1. The maximum atomic E-state index is 10.6. The second-order valence-electron chi connectivity index (χ2n) is 3.73. The van der Waals surface area contributed by atoms with Crippen LogP contribution in [0, 0.1) is 6.92 Å². The number of aliphatic hydroxyl groups excluding tert-OH is 1. The number of likely N-dealkylation sites (N-methyl/N-ethyl adjacent to an activating group) is 1. The fraction of sp³-hybridized carbons (Fsp3) is 0.545. The molecule has 90 valence electrons. The first-order chi connectivity index (χ1) is 7.58. The Morgan fingerprint density at radius 2 is 2.31 bits per heavy atom. The molecule has 0 spiro atoms. The molecule has 0 aliphatic rings. The fourth-order valence-electron chi connectivity index (χ4n) is 1.61. The maximum absolute atomic E-state index is 10.6. The highest BCUT2D eigenvalue weighted by Gasteiger charge is 2.13. The average Bonchev–Trinajstić information content (AvgIpc) is 2.60. The summed E-state index contributed by atoms with van der Waals surface area (Å²) in [6.45, 7) is 6.02. The van der Waals surface area contributed by atoms with E-state index in [1.54, 1.807) is 6.92 Å². The normalized spacial score (nSPS) is 12.7. The van der Waals surface area contributed by atoms with E-state index in [0.29, 0.717) is 18.8 Å². The van der Waals surface area contributed by atoms with Crippen molar-refractivity contribution in [3.63, 3.8) is 0 Å². The Morgan fingerprint density at radius 1 is 1.62 bits per heavy atom. The first-order valence-corrected chi connectivity index (χ1v) is 5.33. The van der Waals surface area contributed by atoms with E-state index >= 15 is 0 Å². The van der Waals surface area contributed by atoms with Crippen LogP contribution in [-0.4, -0.2) is 30.8 Å². The molecule has 0 radical (unpaired) electrons. The summed E-state index contributed by atoms with van der Waals surface area (Å²) >= 11 is 0. The van der Waals surface area contributed by atoms with Crippen LogP contribution in [-0.2, 0) is 6.54 Å². The minimum Gasteiger partial charge on any atom is -0.542 e. The lowest BCUT2D eigenvalue weighted by molar-refractivity contribution is -0.912. The van der Waals surface area contributed by atoms with Crippen molar-refractivity contribution in [3.05, 3.63) is 23.2 Å². The summed E-state index contributed by atoms with van der Waals surface area (Å²) in [5, 5.41) is 19.5. The molecule has 1 aromatic rings. The molecular formula is C11H17NO4. The molecular weight excluding hydrogens is 210 g/mol. The summed E-state index contributed by atoms with van der Waals surface area (Å²) in [7, 11) is 0. The first-order valence-electron chi connectivity index (χ1n) is 5.33. The summed E-state index contributed by atoms with van der Waals surface area (Å²) in [6.07, 6.45) is 0. The second-order valence-corrected chi connectivity index (χ2v) is 3.73. The maximum Gasteiger partial charge on any atom is 0.150 e. The van der Waals surface area contributed by atoms with Crippen LogP contribution in [0.1, 0.15) is 28.8 Å². The Balaban J connectivity index is 2.75. The van der Waals surface area contributed by atoms with Crippen LogP contribution in [0.3, 0.4) is 0 Å². The SMILES string of the molecule is CC[NH+](CCO)Cc1cc(C(=O)[O-])oc1C. The van der Waals surface area contributed by atoms with Gasteiger partial charge in [-0.25, -0.2) is 0 Å². The highest BCUT2D eigenvalue weighted by molar-refractivity contribution is 5.82. The number of carboxylic acid groups (broad SMARTS) is 1. The molecule has 0 aliphatic carbocycles. The molecule has 0 saturated heterocycles. The van der Waals surface area contributed by atoms with Crippen molar-refractivity contribution in [2.75, 3.05) is 19.7 Å². The molecule has 0 fully saturated rings. The Morgan fingerprint density at radius 3 is 2.75 bits per heavy atom. The predicted molar refractivity (Wildman–Crippen MR) is 54.9 cm³/mol. The lowest BCUT2D eigenvalue weighted by atomic mass is 10.2. The van der Waals surface area contributed by atoms with Gasteiger partial charge in [-0.05, 0) is 19.9 Å². The summed E-state index contributed by atoms with van der Waals surface area (Å²) in [5.41, 5.74) is 0.851. The highest BCUT2D eigenvalue weighted by atomic mass is 16.4. The van der Waals surface area contributed by atoms with Crippen LogP contribution in [0.4, 0.5) is 0 Å². The van der Waals surface area contributed by atoms with Gasteiger partial charge < -0.3 is 24.3 Å². The Bertz CT molecular complexity index is 359. The third-order valence-electron chi connectivity index (χ3n) is 2.63. The van der Waals surface area contributed by atoms with E-state index < -0.39 is 5.97 Å². The number of rotatable bonds is 6. The van der Waals surface area contributed by atoms with Crippen LogP contribution in [0.15, 0.2) is 10.5 Å². The number of nitrogens with one attached hydrogen (secondary N) is 1. The number of quaternary nitrogens is 1. The topological polar surface area (TPSA) is 77.9 Å². The number of carbonyl (C=O) groups is 1. The molecule has 1 unspecified atom stereocenters. The van der Waals surface area contributed by atoms with E-state index in [1.165, 1.54) is 11.0 Å². The summed E-state index contributed by atoms with van der Waals surface area (Å²) in [4.78, 5) is 11.8. The molecule has 1 atom stereocenters. The van der Waals surface area contributed by atoms with Gasteiger partial charge in [0.2, 0.25) is 0 Å². The number of hydrogen-bond acceptors (Lipinski definition) is 4.